The van der Waals surface area contributed by atoms with E-state index in [-0.39, 0.29) is 18.1 Å². The smallest absolute Gasteiger partial charge is 0.289 e. The Labute approximate surface area is 149 Å². The number of rotatable bonds is 4. The SMILES string of the molecule is CC(C)Oc1ccc([C@@H]2CN(C(=O)c3nccn3C)CCN2C)cc1. The van der Waals surface area contributed by atoms with Gasteiger partial charge in [-0.15, -0.1) is 0 Å². The topological polar surface area (TPSA) is 50.6 Å². The van der Waals surface area contributed by atoms with E-state index < -0.39 is 0 Å². The van der Waals surface area contributed by atoms with Crippen molar-refractivity contribution in [1.82, 2.24) is 19.4 Å². The monoisotopic (exact) mass is 342 g/mol. The van der Waals surface area contributed by atoms with Crippen LogP contribution in [0.2, 0.25) is 0 Å². The van der Waals surface area contributed by atoms with Crippen molar-refractivity contribution in [2.24, 2.45) is 7.05 Å². The first-order chi connectivity index (χ1) is 12.0. The molecule has 1 amide bonds. The summed E-state index contributed by atoms with van der Waals surface area (Å²) in [6.45, 7) is 6.25. The number of carbonyl (C=O) groups excluding carboxylic acids is 1. The van der Waals surface area contributed by atoms with E-state index in [1.807, 2.05) is 37.9 Å². The fourth-order valence-corrected chi connectivity index (χ4v) is 3.17. The Balaban J connectivity index is 1.74. The van der Waals surface area contributed by atoms with Crippen LogP contribution in [0.5, 0.6) is 5.75 Å². The first-order valence-corrected chi connectivity index (χ1v) is 8.69. The van der Waals surface area contributed by atoms with Gasteiger partial charge in [0.2, 0.25) is 0 Å². The van der Waals surface area contributed by atoms with Gasteiger partial charge in [0.05, 0.1) is 12.1 Å². The first-order valence-electron chi connectivity index (χ1n) is 8.69. The minimum absolute atomic E-state index is 0.00892. The van der Waals surface area contributed by atoms with Crippen LogP contribution in [0.4, 0.5) is 0 Å². The molecule has 2 heterocycles. The molecule has 0 saturated carbocycles. The molecule has 1 aliphatic rings. The summed E-state index contributed by atoms with van der Waals surface area (Å²) in [6, 6.07) is 8.36. The lowest BCUT2D eigenvalue weighted by Crippen LogP contribution is -2.49. The first kappa shape index (κ1) is 17.5. The van der Waals surface area contributed by atoms with Gasteiger partial charge in [0.25, 0.3) is 5.91 Å². The van der Waals surface area contributed by atoms with Gasteiger partial charge in [-0.2, -0.15) is 0 Å². The van der Waals surface area contributed by atoms with E-state index in [1.54, 1.807) is 17.0 Å². The molecule has 6 nitrogen and oxygen atoms in total. The zero-order valence-electron chi connectivity index (χ0n) is 15.3. The highest BCUT2D eigenvalue weighted by Crippen LogP contribution is 2.26. The maximum absolute atomic E-state index is 12.7. The molecule has 6 heteroatoms. The van der Waals surface area contributed by atoms with E-state index >= 15 is 0 Å². The number of imidazole rings is 1. The fraction of sp³-hybridized carbons (Fsp3) is 0.474. The summed E-state index contributed by atoms with van der Waals surface area (Å²) >= 11 is 0. The second-order valence-corrected chi connectivity index (χ2v) is 6.84. The molecule has 2 aromatic rings. The quantitative estimate of drug-likeness (QED) is 0.856. The highest BCUT2D eigenvalue weighted by molar-refractivity contribution is 5.91. The lowest BCUT2D eigenvalue weighted by molar-refractivity contribution is 0.0531. The van der Waals surface area contributed by atoms with Crippen LogP contribution in [0.25, 0.3) is 0 Å². The third kappa shape index (κ3) is 3.85. The summed E-state index contributed by atoms with van der Waals surface area (Å²) in [4.78, 5) is 21.1. The van der Waals surface area contributed by atoms with Crippen LogP contribution in [-0.4, -0.2) is 58.0 Å². The van der Waals surface area contributed by atoms with Crippen LogP contribution < -0.4 is 4.74 Å². The maximum Gasteiger partial charge on any atom is 0.289 e. The minimum Gasteiger partial charge on any atom is -0.491 e. The van der Waals surface area contributed by atoms with E-state index in [2.05, 4.69) is 29.1 Å². The van der Waals surface area contributed by atoms with Gasteiger partial charge >= 0.3 is 0 Å². The van der Waals surface area contributed by atoms with Gasteiger partial charge in [0.15, 0.2) is 5.82 Å². The summed E-state index contributed by atoms with van der Waals surface area (Å²) in [5.41, 5.74) is 1.19. The molecule has 1 fully saturated rings. The third-order valence-electron chi connectivity index (χ3n) is 4.58. The van der Waals surface area contributed by atoms with E-state index in [1.165, 1.54) is 5.56 Å². The van der Waals surface area contributed by atoms with Gasteiger partial charge < -0.3 is 14.2 Å². The Morgan fingerprint density at radius 2 is 1.92 bits per heavy atom. The molecule has 1 atom stereocenters. The van der Waals surface area contributed by atoms with Crippen molar-refractivity contribution in [2.75, 3.05) is 26.7 Å². The molecule has 0 bridgehead atoms. The number of hydrogen-bond acceptors (Lipinski definition) is 4. The summed E-state index contributed by atoms with van der Waals surface area (Å²) in [6.07, 6.45) is 3.62. The number of piperazine rings is 1. The molecule has 1 aromatic carbocycles. The van der Waals surface area contributed by atoms with Crippen molar-refractivity contribution in [3.63, 3.8) is 0 Å². The van der Waals surface area contributed by atoms with E-state index in [9.17, 15) is 4.79 Å². The van der Waals surface area contributed by atoms with E-state index in [0.717, 1.165) is 12.3 Å². The average molecular weight is 342 g/mol. The van der Waals surface area contributed by atoms with Crippen molar-refractivity contribution in [3.8, 4) is 5.75 Å². The van der Waals surface area contributed by atoms with Crippen LogP contribution in [0.1, 0.15) is 36.1 Å². The molecule has 1 aliphatic heterocycles. The third-order valence-corrected chi connectivity index (χ3v) is 4.58. The van der Waals surface area contributed by atoms with Gasteiger partial charge in [-0.1, -0.05) is 12.1 Å². The van der Waals surface area contributed by atoms with Crippen LogP contribution >= 0.6 is 0 Å². The number of aryl methyl sites for hydroxylation is 1. The molecule has 134 valence electrons. The predicted molar refractivity (Wildman–Crippen MR) is 96.7 cm³/mol. The number of amides is 1. The second-order valence-electron chi connectivity index (χ2n) is 6.84. The molecule has 1 saturated heterocycles. The van der Waals surface area contributed by atoms with E-state index in [4.69, 9.17) is 4.74 Å². The summed E-state index contributed by atoms with van der Waals surface area (Å²) in [7, 11) is 3.95. The lowest BCUT2D eigenvalue weighted by atomic mass is 10.0. The second kappa shape index (κ2) is 7.27. The van der Waals surface area contributed by atoms with Gasteiger partial charge in [-0.3, -0.25) is 9.69 Å². The molecule has 0 aliphatic carbocycles. The van der Waals surface area contributed by atoms with Crippen molar-refractivity contribution in [2.45, 2.75) is 26.0 Å². The van der Waals surface area contributed by atoms with E-state index in [0.29, 0.717) is 18.9 Å². The Hall–Kier alpha value is -2.34. The molecule has 0 unspecified atom stereocenters. The Morgan fingerprint density at radius 3 is 2.52 bits per heavy atom. The molecule has 0 spiro atoms. The molecular formula is C19H26N4O2. The Kier molecular flexibility index (Phi) is 5.08. The maximum atomic E-state index is 12.7. The van der Waals surface area contributed by atoms with Gasteiger partial charge in [-0.05, 0) is 38.6 Å². The Bertz CT molecular complexity index is 723. The van der Waals surface area contributed by atoms with Crippen LogP contribution in [0.3, 0.4) is 0 Å². The van der Waals surface area contributed by atoms with Gasteiger partial charge in [0.1, 0.15) is 5.75 Å². The minimum atomic E-state index is -0.00892. The average Bonchev–Trinajstić information content (AvgIpc) is 3.01. The van der Waals surface area contributed by atoms with Crippen LogP contribution in [-0.2, 0) is 7.05 Å². The number of carbonyl (C=O) groups is 1. The number of aromatic nitrogens is 2. The van der Waals surface area contributed by atoms with Crippen molar-refractivity contribution in [1.29, 1.82) is 0 Å². The summed E-state index contributed by atoms with van der Waals surface area (Å²) in [5, 5.41) is 0. The normalized spacial score (nSPS) is 18.6. The Morgan fingerprint density at radius 1 is 1.20 bits per heavy atom. The highest BCUT2D eigenvalue weighted by atomic mass is 16.5. The standard InChI is InChI=1S/C19H26N4O2/c1-14(2)25-16-7-5-15(6-8-16)17-13-23(12-11-21(17)3)19(24)18-20-9-10-22(18)4/h5-10,14,17H,11-13H2,1-4H3/t17-/m0/s1. The van der Waals surface area contributed by atoms with Crippen LogP contribution in [0, 0.1) is 0 Å². The molecule has 25 heavy (non-hydrogen) atoms. The number of hydrogen-bond donors (Lipinski definition) is 0. The predicted octanol–water partition coefficient (Wildman–Crippen LogP) is 2.34. The zero-order chi connectivity index (χ0) is 18.0. The van der Waals surface area contributed by atoms with Gasteiger partial charge in [0, 0.05) is 39.1 Å². The van der Waals surface area contributed by atoms with Crippen molar-refractivity contribution >= 4 is 5.91 Å². The summed E-state index contributed by atoms with van der Waals surface area (Å²) in [5.74, 6) is 1.35. The number of likely N-dealkylation sites (N-methyl/N-ethyl adjacent to an activating group) is 1. The largest absolute Gasteiger partial charge is 0.491 e. The lowest BCUT2D eigenvalue weighted by Gasteiger charge is -2.39. The highest BCUT2D eigenvalue weighted by Gasteiger charge is 2.30. The fourth-order valence-electron chi connectivity index (χ4n) is 3.17. The number of nitrogens with zero attached hydrogens (tertiary/aromatic N) is 4. The molecule has 1 aromatic heterocycles. The number of ether oxygens (including phenoxy) is 1. The van der Waals surface area contributed by atoms with Gasteiger partial charge in [-0.25, -0.2) is 4.98 Å². The number of benzene rings is 1. The molecular weight excluding hydrogens is 316 g/mol. The zero-order valence-corrected chi connectivity index (χ0v) is 15.3. The van der Waals surface area contributed by atoms with Crippen molar-refractivity contribution < 1.29 is 9.53 Å². The van der Waals surface area contributed by atoms with Crippen molar-refractivity contribution in [3.05, 3.63) is 48.0 Å². The molecule has 0 N–H and O–H groups in total. The van der Waals surface area contributed by atoms with Crippen LogP contribution in [0.15, 0.2) is 36.7 Å². The summed E-state index contributed by atoms with van der Waals surface area (Å²) < 4.78 is 7.49. The molecule has 0 radical (unpaired) electrons. The molecule has 3 rings (SSSR count).